The molecule has 0 aromatic carbocycles. The molecule has 98 valence electrons. The number of aromatic nitrogens is 2. The van der Waals surface area contributed by atoms with E-state index in [2.05, 4.69) is 5.10 Å². The molecule has 18 heavy (non-hydrogen) atoms. The van der Waals surface area contributed by atoms with Crippen molar-refractivity contribution in [2.24, 2.45) is 5.92 Å². The number of ether oxygens (including phenoxy) is 2. The number of nitrogens with zero attached hydrogens (tertiary/aromatic N) is 2. The van der Waals surface area contributed by atoms with Crippen LogP contribution in [0.4, 0.5) is 0 Å². The summed E-state index contributed by atoms with van der Waals surface area (Å²) in [5.74, 6) is -3.15. The molecule has 0 amide bonds. The average Bonchev–Trinajstić information content (AvgIpc) is 2.70. The fraction of sp³-hybridized carbons (Fsp3) is 0.583. The predicted octanol–water partition coefficient (Wildman–Crippen LogP) is 0.898. The topological polar surface area (TPSA) is 70.4 Å². The van der Waals surface area contributed by atoms with Crippen molar-refractivity contribution in [2.75, 3.05) is 0 Å². The molecule has 0 radical (unpaired) electrons. The Kier molecular flexibility index (Phi) is 3.11. The van der Waals surface area contributed by atoms with Crippen LogP contribution in [0.1, 0.15) is 26.3 Å². The highest BCUT2D eigenvalue weighted by molar-refractivity contribution is 5.96. The van der Waals surface area contributed by atoms with Crippen molar-refractivity contribution in [1.82, 2.24) is 9.78 Å². The number of hydrogen-bond acceptors (Lipinski definition) is 5. The predicted molar refractivity (Wildman–Crippen MR) is 61.4 cm³/mol. The van der Waals surface area contributed by atoms with Crippen molar-refractivity contribution in [3.63, 3.8) is 0 Å². The summed E-state index contributed by atoms with van der Waals surface area (Å²) in [5.41, 5.74) is 0.815. The lowest BCUT2D eigenvalue weighted by Crippen LogP contribution is -2.46. The third kappa shape index (κ3) is 2.52. The van der Waals surface area contributed by atoms with Gasteiger partial charge >= 0.3 is 11.9 Å². The molecule has 0 aliphatic carbocycles. The van der Waals surface area contributed by atoms with E-state index >= 15 is 0 Å². The van der Waals surface area contributed by atoms with Gasteiger partial charge in [0.05, 0.1) is 6.20 Å². The molecule has 1 aromatic rings. The molecule has 0 saturated carbocycles. The lowest BCUT2D eigenvalue weighted by Gasteiger charge is -2.32. The van der Waals surface area contributed by atoms with E-state index in [4.69, 9.17) is 9.47 Å². The van der Waals surface area contributed by atoms with E-state index in [1.54, 1.807) is 17.1 Å². The van der Waals surface area contributed by atoms with Crippen molar-refractivity contribution in [2.45, 2.75) is 39.5 Å². The minimum Gasteiger partial charge on any atom is -0.422 e. The Labute approximate surface area is 105 Å². The second-order valence-corrected chi connectivity index (χ2v) is 4.70. The van der Waals surface area contributed by atoms with Gasteiger partial charge in [-0.25, -0.2) is 0 Å². The molecule has 6 nitrogen and oxygen atoms in total. The normalized spacial score (nSPS) is 19.5. The molecule has 1 aliphatic rings. The maximum atomic E-state index is 11.8. The molecule has 1 fully saturated rings. The summed E-state index contributed by atoms with van der Waals surface area (Å²) in [4.78, 5) is 23.5. The van der Waals surface area contributed by atoms with Crippen LogP contribution in [0.3, 0.4) is 0 Å². The zero-order chi connectivity index (χ0) is 13.3. The van der Waals surface area contributed by atoms with E-state index in [-0.39, 0.29) is 6.42 Å². The van der Waals surface area contributed by atoms with Crippen LogP contribution < -0.4 is 0 Å². The molecule has 0 unspecified atom stereocenters. The molecule has 1 aromatic heterocycles. The second kappa shape index (κ2) is 4.44. The number of aryl methyl sites for hydroxylation is 1. The van der Waals surface area contributed by atoms with Gasteiger partial charge in [0.1, 0.15) is 0 Å². The summed E-state index contributed by atoms with van der Waals surface area (Å²) in [6, 6.07) is 0. The minimum absolute atomic E-state index is 0.258. The maximum absolute atomic E-state index is 11.8. The van der Waals surface area contributed by atoms with Gasteiger partial charge in [-0.1, -0.05) is 0 Å². The molecule has 0 atom stereocenters. The molecule has 2 rings (SSSR count). The first kappa shape index (κ1) is 12.6. The highest BCUT2D eigenvalue weighted by Gasteiger charge is 2.43. The van der Waals surface area contributed by atoms with Crippen LogP contribution in [0.2, 0.25) is 0 Å². The van der Waals surface area contributed by atoms with Gasteiger partial charge < -0.3 is 9.47 Å². The summed E-state index contributed by atoms with van der Waals surface area (Å²) in [6.45, 7) is 5.78. The first-order valence-corrected chi connectivity index (χ1v) is 5.88. The van der Waals surface area contributed by atoms with E-state index in [0.717, 1.165) is 12.1 Å². The zero-order valence-electron chi connectivity index (χ0n) is 10.7. The monoisotopic (exact) mass is 252 g/mol. The Morgan fingerprint density at radius 1 is 1.33 bits per heavy atom. The first-order chi connectivity index (χ1) is 8.41. The van der Waals surface area contributed by atoms with E-state index in [1.807, 2.05) is 6.92 Å². The number of rotatable bonds is 3. The standard InChI is InChI=1S/C12H16N2O4/c1-4-14-7-8(6-13-14)5-9-10(15)17-12(2,3)18-11(9)16/h6-7,9H,4-5H2,1-3H3. The third-order valence-corrected chi connectivity index (χ3v) is 2.71. The van der Waals surface area contributed by atoms with Crippen LogP contribution in [-0.4, -0.2) is 27.5 Å². The molecule has 1 saturated heterocycles. The minimum atomic E-state index is -1.17. The number of carbonyl (C=O) groups is 2. The number of hydrogen-bond donors (Lipinski definition) is 0. The van der Waals surface area contributed by atoms with Crippen LogP contribution in [0, 0.1) is 5.92 Å². The van der Waals surface area contributed by atoms with Crippen LogP contribution in [-0.2, 0) is 32.0 Å². The fourth-order valence-electron chi connectivity index (χ4n) is 1.83. The number of cyclic esters (lactones) is 2. The summed E-state index contributed by atoms with van der Waals surface area (Å²) < 4.78 is 11.8. The van der Waals surface area contributed by atoms with E-state index in [1.165, 1.54) is 13.8 Å². The Hall–Kier alpha value is -1.85. The van der Waals surface area contributed by atoms with Gasteiger partial charge in [0, 0.05) is 26.6 Å². The molecule has 6 heteroatoms. The lowest BCUT2D eigenvalue weighted by atomic mass is 10.0. The van der Waals surface area contributed by atoms with E-state index in [9.17, 15) is 9.59 Å². The van der Waals surface area contributed by atoms with Gasteiger partial charge in [-0.3, -0.25) is 14.3 Å². The lowest BCUT2D eigenvalue weighted by molar-refractivity contribution is -0.239. The van der Waals surface area contributed by atoms with Crippen LogP contribution >= 0.6 is 0 Å². The van der Waals surface area contributed by atoms with Gasteiger partial charge in [0.25, 0.3) is 5.79 Å². The van der Waals surface area contributed by atoms with Crippen molar-refractivity contribution in [3.05, 3.63) is 18.0 Å². The van der Waals surface area contributed by atoms with Crippen LogP contribution in [0.5, 0.6) is 0 Å². The van der Waals surface area contributed by atoms with Crippen molar-refractivity contribution in [1.29, 1.82) is 0 Å². The van der Waals surface area contributed by atoms with Gasteiger partial charge in [-0.2, -0.15) is 5.10 Å². The molecular weight excluding hydrogens is 236 g/mol. The summed E-state index contributed by atoms with van der Waals surface area (Å²) in [7, 11) is 0. The Morgan fingerprint density at radius 3 is 2.44 bits per heavy atom. The van der Waals surface area contributed by atoms with Crippen molar-refractivity contribution in [3.8, 4) is 0 Å². The van der Waals surface area contributed by atoms with E-state index < -0.39 is 23.6 Å². The summed E-state index contributed by atoms with van der Waals surface area (Å²) in [5, 5.41) is 4.09. The van der Waals surface area contributed by atoms with Gasteiger partial charge in [0.15, 0.2) is 5.92 Å². The summed E-state index contributed by atoms with van der Waals surface area (Å²) >= 11 is 0. The molecular formula is C12H16N2O4. The Bertz CT molecular complexity index is 458. The highest BCUT2D eigenvalue weighted by atomic mass is 16.7. The number of esters is 2. The fourth-order valence-corrected chi connectivity index (χ4v) is 1.83. The van der Waals surface area contributed by atoms with Crippen molar-refractivity contribution < 1.29 is 19.1 Å². The Balaban J connectivity index is 2.09. The van der Waals surface area contributed by atoms with E-state index in [0.29, 0.717) is 0 Å². The van der Waals surface area contributed by atoms with Gasteiger partial charge in [-0.05, 0) is 18.9 Å². The molecule has 1 aliphatic heterocycles. The van der Waals surface area contributed by atoms with Crippen LogP contribution in [0.25, 0.3) is 0 Å². The largest absolute Gasteiger partial charge is 0.422 e. The molecule has 0 bridgehead atoms. The van der Waals surface area contributed by atoms with Gasteiger partial charge in [-0.15, -0.1) is 0 Å². The van der Waals surface area contributed by atoms with Gasteiger partial charge in [0.2, 0.25) is 0 Å². The second-order valence-electron chi connectivity index (χ2n) is 4.70. The Morgan fingerprint density at radius 2 is 1.94 bits per heavy atom. The smallest absolute Gasteiger partial charge is 0.323 e. The molecule has 2 heterocycles. The third-order valence-electron chi connectivity index (χ3n) is 2.71. The first-order valence-electron chi connectivity index (χ1n) is 5.88. The number of carbonyl (C=O) groups excluding carboxylic acids is 2. The molecule has 0 spiro atoms. The quantitative estimate of drug-likeness (QED) is 0.590. The van der Waals surface area contributed by atoms with Crippen molar-refractivity contribution >= 4 is 11.9 Å². The SMILES string of the molecule is CCn1cc(CC2C(=O)OC(C)(C)OC2=O)cn1. The van der Waals surface area contributed by atoms with Crippen LogP contribution in [0.15, 0.2) is 12.4 Å². The highest BCUT2D eigenvalue weighted by Crippen LogP contribution is 2.25. The summed E-state index contributed by atoms with van der Waals surface area (Å²) in [6.07, 6.45) is 3.71. The zero-order valence-corrected chi connectivity index (χ0v) is 10.7. The molecule has 0 N–H and O–H groups in total. The average molecular weight is 252 g/mol. The maximum Gasteiger partial charge on any atom is 0.323 e.